The van der Waals surface area contributed by atoms with Gasteiger partial charge in [0.15, 0.2) is 4.90 Å². The van der Waals surface area contributed by atoms with Crippen molar-refractivity contribution in [1.29, 1.82) is 0 Å². The van der Waals surface area contributed by atoms with Gasteiger partial charge >= 0.3 is 6.18 Å². The number of aromatic nitrogens is 3. The van der Waals surface area contributed by atoms with E-state index in [-0.39, 0.29) is 26.6 Å². The van der Waals surface area contributed by atoms with Gasteiger partial charge in [0.05, 0.1) is 16.1 Å². The first-order chi connectivity index (χ1) is 15.9. The second kappa shape index (κ2) is 8.88. The van der Waals surface area contributed by atoms with Crippen LogP contribution < -0.4 is 0 Å². The van der Waals surface area contributed by atoms with Crippen LogP contribution in [-0.4, -0.2) is 32.2 Å². The van der Waals surface area contributed by atoms with Crippen molar-refractivity contribution < 1.29 is 26.1 Å². The molecular weight excluding hydrogens is 511 g/mol. The molecule has 2 aromatic heterocycles. The highest BCUT2D eigenvalue weighted by molar-refractivity contribution is 7.92. The van der Waals surface area contributed by atoms with Crippen molar-refractivity contribution in [2.45, 2.75) is 35.1 Å². The van der Waals surface area contributed by atoms with Crippen LogP contribution in [0.4, 0.5) is 13.2 Å². The number of benzene rings is 2. The Bertz CT molecular complexity index is 1470. The molecule has 178 valence electrons. The lowest BCUT2D eigenvalue weighted by atomic mass is 10.1. The maximum absolute atomic E-state index is 13.7. The first-order valence-corrected chi connectivity index (χ1v) is 12.9. The fourth-order valence-corrected chi connectivity index (χ4v) is 5.93. The molecule has 12 heteroatoms. The van der Waals surface area contributed by atoms with Crippen molar-refractivity contribution in [3.8, 4) is 11.3 Å². The molecule has 34 heavy (non-hydrogen) atoms. The molecule has 0 aliphatic heterocycles. The molecule has 0 radical (unpaired) electrons. The zero-order valence-corrected chi connectivity index (χ0v) is 20.1. The Morgan fingerprint density at radius 2 is 1.79 bits per heavy atom. The minimum atomic E-state index is -4.81. The van der Waals surface area contributed by atoms with Crippen LogP contribution in [0.15, 0.2) is 70.7 Å². The highest BCUT2D eigenvalue weighted by atomic mass is 35.5. The van der Waals surface area contributed by atoms with Crippen LogP contribution in [0.25, 0.3) is 22.2 Å². The van der Waals surface area contributed by atoms with Crippen molar-refractivity contribution in [3.05, 3.63) is 71.8 Å². The van der Waals surface area contributed by atoms with E-state index in [0.29, 0.717) is 11.1 Å². The van der Waals surface area contributed by atoms with Gasteiger partial charge in [0.25, 0.3) is 10.0 Å². The second-order valence-corrected chi connectivity index (χ2v) is 11.7. The average molecular weight is 528 g/mol. The van der Waals surface area contributed by atoms with Gasteiger partial charge in [-0.05, 0) is 60.9 Å². The highest BCUT2D eigenvalue weighted by Crippen LogP contribution is 2.40. The van der Waals surface area contributed by atoms with Crippen molar-refractivity contribution >= 4 is 43.7 Å². The molecular formula is C22H17ClF3N3O3S2. The summed E-state index contributed by atoms with van der Waals surface area (Å²) >= 11 is 4.34. The standard InChI is InChI=1S/C22H17ClF3N3O3S2/c1-13(2)33(30)14-8-9-16-17(20-18(22(24,25)26)11-27-21(23)28-20)12-29(19(16)10-14)34(31,32)15-6-4-3-5-7-15/h3-13H,1-2H3. The summed E-state index contributed by atoms with van der Waals surface area (Å²) in [5, 5.41) is -0.514. The van der Waals surface area contributed by atoms with Crippen molar-refractivity contribution in [3.63, 3.8) is 0 Å². The van der Waals surface area contributed by atoms with Crippen LogP contribution in [0.2, 0.25) is 5.28 Å². The predicted molar refractivity (Wildman–Crippen MR) is 124 cm³/mol. The third-order valence-corrected chi connectivity index (χ3v) is 8.47. The Labute approximate surface area is 201 Å². The summed E-state index contributed by atoms with van der Waals surface area (Å²) in [7, 11) is -4.21. The molecule has 4 aromatic rings. The SMILES string of the molecule is CC(C)[S+]([O-])c1ccc2c(-c3nc(Cl)ncc3C(F)(F)F)cn(S(=O)(=O)c3ccccc3)c2c1. The van der Waals surface area contributed by atoms with E-state index in [0.717, 1.165) is 10.2 Å². The fraction of sp³-hybridized carbons (Fsp3) is 0.182. The maximum Gasteiger partial charge on any atom is 0.419 e. The Kier molecular flexibility index (Phi) is 6.40. The summed E-state index contributed by atoms with van der Waals surface area (Å²) < 4.78 is 81.7. The topological polar surface area (TPSA) is 87.9 Å². The van der Waals surface area contributed by atoms with Crippen LogP contribution in [0, 0.1) is 0 Å². The van der Waals surface area contributed by atoms with Gasteiger partial charge in [-0.2, -0.15) is 13.2 Å². The fourth-order valence-electron chi connectivity index (χ4n) is 3.44. The van der Waals surface area contributed by atoms with E-state index in [1.54, 1.807) is 19.9 Å². The minimum absolute atomic E-state index is 0.0632. The van der Waals surface area contributed by atoms with Crippen LogP contribution in [0.1, 0.15) is 19.4 Å². The summed E-state index contributed by atoms with van der Waals surface area (Å²) in [6, 6.07) is 11.8. The Morgan fingerprint density at radius 3 is 2.41 bits per heavy atom. The van der Waals surface area contributed by atoms with Crippen LogP contribution >= 0.6 is 11.6 Å². The van der Waals surface area contributed by atoms with Gasteiger partial charge in [-0.1, -0.05) is 18.2 Å². The van der Waals surface area contributed by atoms with E-state index in [1.165, 1.54) is 42.5 Å². The minimum Gasteiger partial charge on any atom is -0.611 e. The van der Waals surface area contributed by atoms with Crippen LogP contribution in [0.3, 0.4) is 0 Å². The van der Waals surface area contributed by atoms with Gasteiger partial charge in [0, 0.05) is 29.4 Å². The van der Waals surface area contributed by atoms with Gasteiger partial charge in [0.1, 0.15) is 10.8 Å². The zero-order valence-electron chi connectivity index (χ0n) is 17.7. The first kappa shape index (κ1) is 24.5. The molecule has 0 N–H and O–H groups in total. The molecule has 1 atom stereocenters. The van der Waals surface area contributed by atoms with E-state index in [1.807, 2.05) is 0 Å². The molecule has 1 unspecified atom stereocenters. The van der Waals surface area contributed by atoms with E-state index >= 15 is 0 Å². The maximum atomic E-state index is 13.7. The van der Waals surface area contributed by atoms with Crippen molar-refractivity contribution in [2.75, 3.05) is 0 Å². The number of nitrogens with zero attached hydrogens (tertiary/aromatic N) is 3. The summed E-state index contributed by atoms with van der Waals surface area (Å²) in [5.74, 6) is 0. The monoisotopic (exact) mass is 527 g/mol. The summed E-state index contributed by atoms with van der Waals surface area (Å²) in [5.41, 5.74) is -1.76. The molecule has 0 bridgehead atoms. The predicted octanol–water partition coefficient (Wildman–Crippen LogP) is 5.52. The second-order valence-electron chi connectivity index (χ2n) is 7.58. The van der Waals surface area contributed by atoms with Gasteiger partial charge in [-0.15, -0.1) is 0 Å². The molecule has 4 rings (SSSR count). The number of rotatable bonds is 5. The third kappa shape index (κ3) is 4.40. The molecule has 2 aromatic carbocycles. The summed E-state index contributed by atoms with van der Waals surface area (Å²) in [6.45, 7) is 3.48. The lowest BCUT2D eigenvalue weighted by Gasteiger charge is -2.14. The molecule has 0 spiro atoms. The Balaban J connectivity index is 2.08. The molecule has 0 saturated carbocycles. The lowest BCUT2D eigenvalue weighted by Crippen LogP contribution is -2.15. The van der Waals surface area contributed by atoms with Gasteiger partial charge in [0.2, 0.25) is 5.28 Å². The zero-order chi connectivity index (χ0) is 24.8. The molecule has 0 aliphatic carbocycles. The van der Waals surface area contributed by atoms with E-state index < -0.39 is 43.9 Å². The molecule has 0 saturated heterocycles. The van der Waals surface area contributed by atoms with Crippen molar-refractivity contribution in [1.82, 2.24) is 13.9 Å². The number of fused-ring (bicyclic) bond motifs is 1. The molecule has 0 fully saturated rings. The molecule has 6 nitrogen and oxygen atoms in total. The van der Waals surface area contributed by atoms with Gasteiger partial charge in [-0.25, -0.2) is 22.4 Å². The summed E-state index contributed by atoms with van der Waals surface area (Å²) in [4.78, 5) is 7.50. The average Bonchev–Trinajstić information content (AvgIpc) is 3.17. The summed E-state index contributed by atoms with van der Waals surface area (Å²) in [6.07, 6.45) is -3.18. The third-order valence-electron chi connectivity index (χ3n) is 5.02. The highest BCUT2D eigenvalue weighted by Gasteiger charge is 2.37. The number of hydrogen-bond acceptors (Lipinski definition) is 5. The largest absolute Gasteiger partial charge is 0.611 e. The molecule has 2 heterocycles. The number of hydrogen-bond donors (Lipinski definition) is 0. The smallest absolute Gasteiger partial charge is 0.419 e. The number of halogens is 4. The van der Waals surface area contributed by atoms with E-state index in [2.05, 4.69) is 9.97 Å². The Hall–Kier alpha value is -2.60. The number of alkyl halides is 3. The van der Waals surface area contributed by atoms with E-state index in [4.69, 9.17) is 11.6 Å². The van der Waals surface area contributed by atoms with Crippen LogP contribution in [0.5, 0.6) is 0 Å². The Morgan fingerprint density at radius 1 is 1.12 bits per heavy atom. The molecule has 0 amide bonds. The normalized spacial score (nSPS) is 13.5. The van der Waals surface area contributed by atoms with Gasteiger partial charge in [-0.3, -0.25) is 0 Å². The quantitative estimate of drug-likeness (QED) is 0.252. The first-order valence-electron chi connectivity index (χ1n) is 9.87. The van der Waals surface area contributed by atoms with Gasteiger partial charge < -0.3 is 4.55 Å². The molecule has 0 aliphatic rings. The lowest BCUT2D eigenvalue weighted by molar-refractivity contribution is -0.137. The van der Waals surface area contributed by atoms with Crippen LogP contribution in [-0.2, 0) is 27.4 Å². The van der Waals surface area contributed by atoms with E-state index in [9.17, 15) is 26.1 Å². The van der Waals surface area contributed by atoms with Crippen molar-refractivity contribution in [2.24, 2.45) is 0 Å².